The first kappa shape index (κ1) is 25.9. The fraction of sp³-hybridized carbons (Fsp3) is 0.407. The number of aromatic nitrogens is 2. The number of sulfonamides is 1. The molecule has 1 fully saturated rings. The number of rotatable bonds is 7. The van der Waals surface area contributed by atoms with Crippen molar-refractivity contribution in [1.29, 1.82) is 0 Å². The van der Waals surface area contributed by atoms with Crippen molar-refractivity contribution in [2.45, 2.75) is 51.2 Å². The third kappa shape index (κ3) is 6.33. The van der Waals surface area contributed by atoms with Crippen LogP contribution in [0.5, 0.6) is 0 Å². The minimum atomic E-state index is -3.52. The molecule has 1 aliphatic rings. The molecule has 1 saturated heterocycles. The Morgan fingerprint density at radius 1 is 0.944 bits per heavy atom. The summed E-state index contributed by atoms with van der Waals surface area (Å²) in [6, 6.07) is 15.7. The molecule has 0 spiro atoms. The van der Waals surface area contributed by atoms with E-state index in [4.69, 9.17) is 0 Å². The van der Waals surface area contributed by atoms with E-state index in [1.807, 2.05) is 13.0 Å². The van der Waals surface area contributed by atoms with Crippen LogP contribution in [0.1, 0.15) is 50.7 Å². The van der Waals surface area contributed by atoms with Crippen LogP contribution in [0.25, 0.3) is 0 Å². The normalized spacial score (nSPS) is 15.5. The van der Waals surface area contributed by atoms with Gasteiger partial charge in [0.05, 0.1) is 10.4 Å². The van der Waals surface area contributed by atoms with E-state index in [-0.39, 0.29) is 0 Å². The van der Waals surface area contributed by atoms with Crippen LogP contribution in [-0.4, -0.2) is 48.2 Å². The summed E-state index contributed by atoms with van der Waals surface area (Å²) >= 11 is 0. The highest BCUT2D eigenvalue weighted by Gasteiger charge is 2.28. The van der Waals surface area contributed by atoms with Gasteiger partial charge in [0.25, 0.3) is 0 Å². The van der Waals surface area contributed by atoms with E-state index in [0.29, 0.717) is 23.4 Å². The lowest BCUT2D eigenvalue weighted by Crippen LogP contribution is -2.33. The van der Waals surface area contributed by atoms with Crippen molar-refractivity contribution in [2.75, 3.05) is 35.5 Å². The molecule has 192 valence electrons. The summed E-state index contributed by atoms with van der Waals surface area (Å²) in [5.74, 6) is 1.75. The standard InChI is InChI=1S/C27H36N6O2S/c1-19-18-28-26(30-22-11-9-20(10-12-22)21-13-15-33(5)16-14-21)31-25(19)29-23-7-6-8-24(17-23)32-36(34,35)27(2,3)4/h6-12,17-18,21,32H,13-16H2,1-5H3,(H2,28,29,30,31). The molecule has 0 bridgehead atoms. The highest BCUT2D eigenvalue weighted by atomic mass is 32.2. The second-order valence-electron chi connectivity index (χ2n) is 10.5. The molecule has 1 aliphatic heterocycles. The number of anilines is 5. The van der Waals surface area contributed by atoms with Crippen molar-refractivity contribution in [2.24, 2.45) is 0 Å². The van der Waals surface area contributed by atoms with Crippen molar-refractivity contribution < 1.29 is 8.42 Å². The lowest BCUT2D eigenvalue weighted by atomic mass is 9.89. The fourth-order valence-electron chi connectivity index (χ4n) is 4.04. The highest BCUT2D eigenvalue weighted by molar-refractivity contribution is 7.94. The first-order chi connectivity index (χ1) is 17.0. The van der Waals surface area contributed by atoms with Gasteiger partial charge in [0.1, 0.15) is 5.82 Å². The van der Waals surface area contributed by atoms with Gasteiger partial charge in [-0.15, -0.1) is 0 Å². The maximum atomic E-state index is 12.5. The van der Waals surface area contributed by atoms with E-state index in [1.165, 1.54) is 18.4 Å². The number of hydrogen-bond donors (Lipinski definition) is 3. The smallest absolute Gasteiger partial charge is 0.237 e. The molecule has 9 heteroatoms. The van der Waals surface area contributed by atoms with Crippen molar-refractivity contribution in [3.63, 3.8) is 0 Å². The Hall–Kier alpha value is -3.17. The predicted octanol–water partition coefficient (Wildman–Crippen LogP) is 5.62. The van der Waals surface area contributed by atoms with Gasteiger partial charge in [0.2, 0.25) is 16.0 Å². The molecular weight excluding hydrogens is 472 g/mol. The van der Waals surface area contributed by atoms with Gasteiger partial charge < -0.3 is 15.5 Å². The molecule has 3 aromatic rings. The number of aryl methyl sites for hydroxylation is 1. The topological polar surface area (TPSA) is 99.2 Å². The van der Waals surface area contributed by atoms with E-state index in [0.717, 1.165) is 30.0 Å². The molecule has 0 saturated carbocycles. The molecule has 4 rings (SSSR count). The van der Waals surface area contributed by atoms with Crippen molar-refractivity contribution in [3.05, 3.63) is 65.9 Å². The molecule has 0 radical (unpaired) electrons. The lowest BCUT2D eigenvalue weighted by molar-refractivity contribution is 0.255. The minimum Gasteiger partial charge on any atom is -0.340 e. The Balaban J connectivity index is 1.45. The molecule has 1 aromatic heterocycles. The number of nitrogens with one attached hydrogen (secondary N) is 3. The van der Waals surface area contributed by atoms with Crippen LogP contribution in [0.3, 0.4) is 0 Å². The monoisotopic (exact) mass is 508 g/mol. The number of benzene rings is 2. The molecule has 2 aromatic carbocycles. The number of hydrogen-bond acceptors (Lipinski definition) is 7. The average Bonchev–Trinajstić information content (AvgIpc) is 2.82. The maximum Gasteiger partial charge on any atom is 0.237 e. The van der Waals surface area contributed by atoms with Gasteiger partial charge in [-0.3, -0.25) is 4.72 Å². The molecule has 3 N–H and O–H groups in total. The Morgan fingerprint density at radius 2 is 1.61 bits per heavy atom. The average molecular weight is 509 g/mol. The number of nitrogens with zero attached hydrogens (tertiary/aromatic N) is 3. The summed E-state index contributed by atoms with van der Waals surface area (Å²) in [5, 5.41) is 6.58. The van der Waals surface area contributed by atoms with Crippen molar-refractivity contribution in [3.8, 4) is 0 Å². The van der Waals surface area contributed by atoms with Crippen LogP contribution in [0.4, 0.5) is 28.8 Å². The largest absolute Gasteiger partial charge is 0.340 e. The summed E-state index contributed by atoms with van der Waals surface area (Å²) < 4.78 is 26.8. The maximum absolute atomic E-state index is 12.5. The van der Waals surface area contributed by atoms with E-state index < -0.39 is 14.8 Å². The zero-order valence-electron chi connectivity index (χ0n) is 21.7. The highest BCUT2D eigenvalue weighted by Crippen LogP contribution is 2.29. The van der Waals surface area contributed by atoms with E-state index in [1.54, 1.807) is 45.2 Å². The van der Waals surface area contributed by atoms with Crippen LogP contribution in [-0.2, 0) is 10.0 Å². The van der Waals surface area contributed by atoms with Gasteiger partial charge in [-0.1, -0.05) is 18.2 Å². The molecule has 0 aliphatic carbocycles. The quantitative estimate of drug-likeness (QED) is 0.381. The minimum absolute atomic E-state index is 0.486. The van der Waals surface area contributed by atoms with Crippen LogP contribution in [0.2, 0.25) is 0 Å². The Kier molecular flexibility index (Phi) is 7.51. The van der Waals surface area contributed by atoms with Gasteiger partial charge in [-0.05, 0) is 102 Å². The zero-order chi connectivity index (χ0) is 25.9. The summed E-state index contributed by atoms with van der Waals surface area (Å²) in [7, 11) is -1.34. The lowest BCUT2D eigenvalue weighted by Gasteiger charge is -2.29. The summed E-state index contributed by atoms with van der Waals surface area (Å²) in [4.78, 5) is 11.5. The van der Waals surface area contributed by atoms with Crippen LogP contribution in [0.15, 0.2) is 54.7 Å². The second kappa shape index (κ2) is 10.4. The number of likely N-dealkylation sites (tertiary alicyclic amines) is 1. The summed E-state index contributed by atoms with van der Waals surface area (Å²) in [5.41, 5.74) is 4.39. The van der Waals surface area contributed by atoms with E-state index in [2.05, 4.69) is 61.5 Å². The van der Waals surface area contributed by atoms with Gasteiger partial charge in [-0.25, -0.2) is 13.4 Å². The van der Waals surface area contributed by atoms with E-state index in [9.17, 15) is 8.42 Å². The molecule has 36 heavy (non-hydrogen) atoms. The van der Waals surface area contributed by atoms with Crippen molar-refractivity contribution >= 4 is 38.9 Å². The van der Waals surface area contributed by atoms with Gasteiger partial charge >= 0.3 is 0 Å². The van der Waals surface area contributed by atoms with Crippen LogP contribution in [0, 0.1) is 6.92 Å². The Bertz CT molecular complexity index is 1290. The van der Waals surface area contributed by atoms with Crippen molar-refractivity contribution in [1.82, 2.24) is 14.9 Å². The third-order valence-electron chi connectivity index (χ3n) is 6.51. The molecule has 0 atom stereocenters. The molecule has 2 heterocycles. The SMILES string of the molecule is Cc1cnc(Nc2ccc(C3CCN(C)CC3)cc2)nc1Nc1cccc(NS(=O)(=O)C(C)(C)C)c1. The molecule has 8 nitrogen and oxygen atoms in total. The fourth-order valence-corrected chi connectivity index (χ4v) is 4.79. The van der Waals surface area contributed by atoms with E-state index >= 15 is 0 Å². The summed E-state index contributed by atoms with van der Waals surface area (Å²) in [6.45, 7) is 9.20. The van der Waals surface area contributed by atoms with Crippen LogP contribution < -0.4 is 15.4 Å². The summed E-state index contributed by atoms with van der Waals surface area (Å²) in [6.07, 6.45) is 4.15. The Morgan fingerprint density at radius 3 is 2.28 bits per heavy atom. The third-order valence-corrected chi connectivity index (χ3v) is 8.63. The molecular formula is C27H36N6O2S. The van der Waals surface area contributed by atoms with Gasteiger partial charge in [-0.2, -0.15) is 4.98 Å². The first-order valence-corrected chi connectivity index (χ1v) is 13.8. The van der Waals surface area contributed by atoms with Gasteiger partial charge in [0.15, 0.2) is 0 Å². The second-order valence-corrected chi connectivity index (χ2v) is 12.9. The predicted molar refractivity (Wildman–Crippen MR) is 148 cm³/mol. The number of piperidine rings is 1. The van der Waals surface area contributed by atoms with Crippen LogP contribution >= 0.6 is 0 Å². The first-order valence-electron chi connectivity index (χ1n) is 12.3. The zero-order valence-corrected chi connectivity index (χ0v) is 22.5. The Labute approximate surface area is 214 Å². The molecule has 0 unspecified atom stereocenters. The molecule has 0 amide bonds. The van der Waals surface area contributed by atoms with Gasteiger partial charge in [0, 0.05) is 23.1 Å².